The second-order valence-corrected chi connectivity index (χ2v) is 7.44. The van der Waals surface area contributed by atoms with Crippen LogP contribution in [0, 0.1) is 13.8 Å². The maximum atomic E-state index is 11.8. The predicted molar refractivity (Wildman–Crippen MR) is 129 cm³/mol. The van der Waals surface area contributed by atoms with E-state index in [4.69, 9.17) is 0 Å². The first-order chi connectivity index (χ1) is 13.5. The van der Waals surface area contributed by atoms with Crippen molar-refractivity contribution in [2.45, 2.75) is 46.3 Å². The molecule has 0 aromatic heterocycles. The molecule has 5 nitrogen and oxygen atoms in total. The number of guanidine groups is 1. The van der Waals surface area contributed by atoms with E-state index in [0.717, 1.165) is 25.5 Å². The molecule has 2 aromatic rings. The number of aryl methyl sites for hydroxylation is 2. The van der Waals surface area contributed by atoms with Crippen molar-refractivity contribution in [3.8, 4) is 0 Å². The zero-order valence-corrected chi connectivity index (χ0v) is 19.8. The van der Waals surface area contributed by atoms with Crippen molar-refractivity contribution in [3.05, 3.63) is 70.3 Å². The molecule has 1 amide bonds. The summed E-state index contributed by atoms with van der Waals surface area (Å²) in [5.74, 6) is 1.05. The average Bonchev–Trinajstić information content (AvgIpc) is 3.09. The van der Waals surface area contributed by atoms with Gasteiger partial charge in [-0.1, -0.05) is 48.0 Å². The molecule has 0 atom stereocenters. The summed E-state index contributed by atoms with van der Waals surface area (Å²) >= 11 is 0. The molecule has 6 heteroatoms. The lowest BCUT2D eigenvalue weighted by Gasteiger charge is -2.16. The summed E-state index contributed by atoms with van der Waals surface area (Å²) in [4.78, 5) is 18.0. The van der Waals surface area contributed by atoms with Crippen LogP contribution in [-0.2, 0) is 24.4 Å². The van der Waals surface area contributed by atoms with Gasteiger partial charge in [0.1, 0.15) is 0 Å². The first kappa shape index (κ1) is 23.2. The highest BCUT2D eigenvalue weighted by atomic mass is 127. The number of aliphatic imine (C=N–C) groups is 1. The SMILES string of the molecule is CN=C(NCc1ccc(CN2CCCC2=O)cc1)NCc1ccc(C)cc1C.I. The third-order valence-electron chi connectivity index (χ3n) is 5.20. The van der Waals surface area contributed by atoms with Gasteiger partial charge in [-0.15, -0.1) is 24.0 Å². The maximum absolute atomic E-state index is 11.8. The number of benzene rings is 2. The van der Waals surface area contributed by atoms with E-state index in [9.17, 15) is 4.79 Å². The van der Waals surface area contributed by atoms with Gasteiger partial charge < -0.3 is 15.5 Å². The van der Waals surface area contributed by atoms with Gasteiger partial charge in [-0.3, -0.25) is 9.79 Å². The van der Waals surface area contributed by atoms with Crippen molar-refractivity contribution < 1.29 is 4.79 Å². The number of hydrogen-bond acceptors (Lipinski definition) is 2. The number of likely N-dealkylation sites (tertiary alicyclic amines) is 1. The molecule has 0 saturated carbocycles. The normalized spacial score (nSPS) is 14.0. The fraction of sp³-hybridized carbons (Fsp3) is 0.391. The highest BCUT2D eigenvalue weighted by Crippen LogP contribution is 2.15. The molecule has 1 aliphatic rings. The van der Waals surface area contributed by atoms with Gasteiger partial charge in [0.2, 0.25) is 5.91 Å². The number of nitrogens with one attached hydrogen (secondary N) is 2. The minimum Gasteiger partial charge on any atom is -0.352 e. The van der Waals surface area contributed by atoms with E-state index >= 15 is 0 Å². The van der Waals surface area contributed by atoms with E-state index in [1.54, 1.807) is 7.05 Å². The second kappa shape index (κ2) is 11.2. The van der Waals surface area contributed by atoms with Gasteiger partial charge in [-0.05, 0) is 42.5 Å². The Morgan fingerprint density at radius 1 is 1.03 bits per heavy atom. The van der Waals surface area contributed by atoms with Crippen LogP contribution in [0.3, 0.4) is 0 Å². The first-order valence-corrected chi connectivity index (χ1v) is 9.91. The smallest absolute Gasteiger partial charge is 0.222 e. The first-order valence-electron chi connectivity index (χ1n) is 9.91. The number of nitrogens with zero attached hydrogens (tertiary/aromatic N) is 2. The van der Waals surface area contributed by atoms with E-state index < -0.39 is 0 Å². The van der Waals surface area contributed by atoms with Gasteiger partial charge in [0.25, 0.3) is 0 Å². The highest BCUT2D eigenvalue weighted by Gasteiger charge is 2.19. The molecule has 1 heterocycles. The fourth-order valence-corrected chi connectivity index (χ4v) is 3.48. The summed E-state index contributed by atoms with van der Waals surface area (Å²) in [6, 6.07) is 14.9. The Morgan fingerprint density at radius 3 is 2.34 bits per heavy atom. The molecule has 0 radical (unpaired) electrons. The quantitative estimate of drug-likeness (QED) is 0.355. The monoisotopic (exact) mass is 506 g/mol. The van der Waals surface area contributed by atoms with Crippen molar-refractivity contribution >= 4 is 35.8 Å². The van der Waals surface area contributed by atoms with Crippen molar-refractivity contribution in [1.82, 2.24) is 15.5 Å². The molecule has 1 fully saturated rings. The summed E-state index contributed by atoms with van der Waals surface area (Å²) in [6.07, 6.45) is 1.67. The van der Waals surface area contributed by atoms with Crippen LogP contribution in [0.4, 0.5) is 0 Å². The van der Waals surface area contributed by atoms with Crippen molar-refractivity contribution in [1.29, 1.82) is 0 Å². The zero-order valence-electron chi connectivity index (χ0n) is 17.5. The Morgan fingerprint density at radius 2 is 1.72 bits per heavy atom. The van der Waals surface area contributed by atoms with Gasteiger partial charge in [0.05, 0.1) is 0 Å². The molecule has 3 rings (SSSR count). The lowest BCUT2D eigenvalue weighted by Crippen LogP contribution is -2.36. The zero-order chi connectivity index (χ0) is 19.9. The minimum atomic E-state index is 0. The van der Waals surface area contributed by atoms with Crippen molar-refractivity contribution in [3.63, 3.8) is 0 Å². The van der Waals surface area contributed by atoms with Gasteiger partial charge in [0, 0.05) is 39.6 Å². The lowest BCUT2D eigenvalue weighted by molar-refractivity contribution is -0.128. The fourth-order valence-electron chi connectivity index (χ4n) is 3.48. The van der Waals surface area contributed by atoms with Crippen LogP contribution in [-0.4, -0.2) is 30.4 Å². The van der Waals surface area contributed by atoms with Crippen LogP contribution in [0.2, 0.25) is 0 Å². The standard InChI is InChI=1S/C23H30N4O.HI/c1-17-6-11-21(18(2)13-17)15-26-23(24-3)25-14-19-7-9-20(10-8-19)16-27-12-4-5-22(27)28;/h6-11,13H,4-5,12,14-16H2,1-3H3,(H2,24,25,26);1H. The molecular formula is C23H31IN4O. The summed E-state index contributed by atoms with van der Waals surface area (Å²) in [7, 11) is 1.79. The molecule has 0 spiro atoms. The molecule has 1 saturated heterocycles. The molecule has 2 aromatic carbocycles. The van der Waals surface area contributed by atoms with Crippen LogP contribution in [0.1, 0.15) is 40.7 Å². The summed E-state index contributed by atoms with van der Waals surface area (Å²) < 4.78 is 0. The van der Waals surface area contributed by atoms with Gasteiger partial charge in [0.15, 0.2) is 5.96 Å². The molecular weight excluding hydrogens is 475 g/mol. The van der Waals surface area contributed by atoms with Crippen LogP contribution in [0.15, 0.2) is 47.5 Å². The third kappa shape index (κ3) is 6.73. The Labute approximate surface area is 191 Å². The van der Waals surface area contributed by atoms with E-state index in [-0.39, 0.29) is 29.9 Å². The minimum absolute atomic E-state index is 0. The maximum Gasteiger partial charge on any atom is 0.222 e. The van der Waals surface area contributed by atoms with Crippen molar-refractivity contribution in [2.24, 2.45) is 4.99 Å². The van der Waals surface area contributed by atoms with Crippen LogP contribution < -0.4 is 10.6 Å². The molecule has 1 aliphatic heterocycles. The Hall–Kier alpha value is -2.09. The van der Waals surface area contributed by atoms with Gasteiger partial charge >= 0.3 is 0 Å². The Balaban J connectivity index is 0.00000300. The van der Waals surface area contributed by atoms with E-state index in [1.165, 1.54) is 27.8 Å². The number of carbonyl (C=O) groups is 1. The second-order valence-electron chi connectivity index (χ2n) is 7.44. The van der Waals surface area contributed by atoms with Crippen molar-refractivity contribution in [2.75, 3.05) is 13.6 Å². The number of rotatable bonds is 6. The largest absolute Gasteiger partial charge is 0.352 e. The van der Waals surface area contributed by atoms with E-state index in [2.05, 4.69) is 71.9 Å². The van der Waals surface area contributed by atoms with E-state index in [1.807, 2.05) is 4.90 Å². The Kier molecular flexibility index (Phi) is 8.95. The summed E-state index contributed by atoms with van der Waals surface area (Å²) in [5, 5.41) is 6.74. The number of amides is 1. The van der Waals surface area contributed by atoms with Crippen LogP contribution in [0.25, 0.3) is 0 Å². The highest BCUT2D eigenvalue weighted by molar-refractivity contribution is 14.0. The number of hydrogen-bond donors (Lipinski definition) is 2. The van der Waals surface area contributed by atoms with Gasteiger partial charge in [-0.2, -0.15) is 0 Å². The summed E-state index contributed by atoms with van der Waals surface area (Å²) in [5.41, 5.74) is 6.20. The molecule has 0 aliphatic carbocycles. The molecule has 0 bridgehead atoms. The van der Waals surface area contributed by atoms with E-state index in [0.29, 0.717) is 19.5 Å². The summed E-state index contributed by atoms with van der Waals surface area (Å²) in [6.45, 7) is 7.29. The molecule has 156 valence electrons. The van der Waals surface area contributed by atoms with Crippen LogP contribution in [0.5, 0.6) is 0 Å². The lowest BCUT2D eigenvalue weighted by atomic mass is 10.1. The topological polar surface area (TPSA) is 56.7 Å². The molecule has 2 N–H and O–H groups in total. The van der Waals surface area contributed by atoms with Gasteiger partial charge in [-0.25, -0.2) is 0 Å². The molecule has 0 unspecified atom stereocenters. The number of halogens is 1. The number of carbonyl (C=O) groups excluding carboxylic acids is 1. The van der Waals surface area contributed by atoms with Crippen LogP contribution >= 0.6 is 24.0 Å². The third-order valence-corrected chi connectivity index (χ3v) is 5.20. The Bertz CT molecular complexity index is 848. The average molecular weight is 506 g/mol. The predicted octanol–water partition coefficient (Wildman–Crippen LogP) is 3.91. The molecule has 29 heavy (non-hydrogen) atoms.